The second-order valence-corrected chi connectivity index (χ2v) is 3.80. The molecule has 1 atom stereocenters. The molecule has 0 amide bonds. The second-order valence-electron chi connectivity index (χ2n) is 3.44. The lowest BCUT2D eigenvalue weighted by atomic mass is 9.88. The molecule has 10 heavy (non-hydrogen) atoms. The summed E-state index contributed by atoms with van der Waals surface area (Å²) in [5.74, 6) is 0. The fourth-order valence-electron chi connectivity index (χ4n) is 0.897. The van der Waals surface area contributed by atoms with Gasteiger partial charge in [0.2, 0.25) is 0 Å². The molecular formula is C7H15O2P. The van der Waals surface area contributed by atoms with Crippen molar-refractivity contribution in [1.29, 1.82) is 0 Å². The van der Waals surface area contributed by atoms with E-state index >= 15 is 0 Å². The Labute approximate surface area is 64.2 Å². The minimum Gasteiger partial charge on any atom is -0.291 e. The fraction of sp³-hybridized carbons (Fsp3) is 1.00. The van der Waals surface area contributed by atoms with Crippen molar-refractivity contribution in [3.05, 3.63) is 0 Å². The Balaban J connectivity index is 3.92. The zero-order valence-electron chi connectivity index (χ0n) is 7.05. The van der Waals surface area contributed by atoms with Crippen LogP contribution in [0.15, 0.2) is 0 Å². The Morgan fingerprint density at radius 3 is 2.10 bits per heavy atom. The molecule has 0 aliphatic heterocycles. The first-order valence-electron chi connectivity index (χ1n) is 3.50. The molecule has 0 radical (unpaired) electrons. The summed E-state index contributed by atoms with van der Waals surface area (Å²) < 4.78 is 15.1. The lowest BCUT2D eigenvalue weighted by molar-refractivity contribution is 0.0967. The zero-order chi connectivity index (χ0) is 8.20. The highest BCUT2D eigenvalue weighted by molar-refractivity contribution is 7.17. The SMILES string of the molecule is CCC(OP=O)C(C)(C)C. The Morgan fingerprint density at radius 2 is 2.00 bits per heavy atom. The second kappa shape index (κ2) is 4.05. The molecule has 0 rings (SSSR count). The smallest absolute Gasteiger partial charge is 0.291 e. The molecule has 2 nitrogen and oxygen atoms in total. The van der Waals surface area contributed by atoms with E-state index in [2.05, 4.69) is 20.8 Å². The van der Waals surface area contributed by atoms with Gasteiger partial charge in [-0.1, -0.05) is 27.7 Å². The summed E-state index contributed by atoms with van der Waals surface area (Å²) in [6.45, 7) is 8.26. The number of rotatable bonds is 3. The van der Waals surface area contributed by atoms with E-state index in [0.717, 1.165) is 6.42 Å². The molecule has 3 heteroatoms. The molecule has 0 bridgehead atoms. The van der Waals surface area contributed by atoms with Crippen molar-refractivity contribution in [2.24, 2.45) is 5.41 Å². The van der Waals surface area contributed by atoms with E-state index in [1.165, 1.54) is 0 Å². The molecule has 0 aromatic carbocycles. The minimum absolute atomic E-state index is 0.0894. The van der Waals surface area contributed by atoms with Crippen molar-refractivity contribution in [2.75, 3.05) is 0 Å². The highest BCUT2D eigenvalue weighted by atomic mass is 31.1. The average molecular weight is 162 g/mol. The molecular weight excluding hydrogens is 147 g/mol. The Kier molecular flexibility index (Phi) is 4.07. The summed E-state index contributed by atoms with van der Waals surface area (Å²) in [7, 11) is -0.210. The van der Waals surface area contributed by atoms with E-state index in [4.69, 9.17) is 4.52 Å². The molecule has 0 fully saturated rings. The molecule has 0 aromatic rings. The summed E-state index contributed by atoms with van der Waals surface area (Å²) in [6, 6.07) is 0. The van der Waals surface area contributed by atoms with Crippen molar-refractivity contribution in [1.82, 2.24) is 0 Å². The molecule has 0 N–H and O–H groups in total. The number of hydrogen-bond donors (Lipinski definition) is 0. The zero-order valence-corrected chi connectivity index (χ0v) is 7.94. The van der Waals surface area contributed by atoms with E-state index < -0.39 is 0 Å². The maximum atomic E-state index is 10.1. The van der Waals surface area contributed by atoms with Crippen LogP contribution in [0.3, 0.4) is 0 Å². The fourth-order valence-corrected chi connectivity index (χ4v) is 1.47. The van der Waals surface area contributed by atoms with E-state index in [-0.39, 0.29) is 20.2 Å². The summed E-state index contributed by atoms with van der Waals surface area (Å²) in [5.41, 5.74) is 0.0894. The van der Waals surface area contributed by atoms with Gasteiger partial charge in [0.25, 0.3) is 0 Å². The molecule has 0 aliphatic carbocycles. The van der Waals surface area contributed by atoms with Gasteiger partial charge in [-0.2, -0.15) is 0 Å². The first-order chi connectivity index (χ1) is 4.52. The largest absolute Gasteiger partial charge is 0.327 e. The molecule has 0 aliphatic rings. The van der Waals surface area contributed by atoms with Gasteiger partial charge in [-0.25, -0.2) is 4.57 Å². The van der Waals surface area contributed by atoms with Gasteiger partial charge in [-0.05, 0) is 11.8 Å². The monoisotopic (exact) mass is 162 g/mol. The number of hydrogen-bond acceptors (Lipinski definition) is 2. The van der Waals surface area contributed by atoms with Gasteiger partial charge in [0.05, 0.1) is 6.10 Å². The van der Waals surface area contributed by atoms with Crippen LogP contribution in [0.4, 0.5) is 0 Å². The van der Waals surface area contributed by atoms with Crippen LogP contribution in [-0.4, -0.2) is 6.10 Å². The molecule has 1 unspecified atom stereocenters. The van der Waals surface area contributed by atoms with E-state index in [9.17, 15) is 4.57 Å². The summed E-state index contributed by atoms with van der Waals surface area (Å²) in [5, 5.41) is 0. The first kappa shape index (κ1) is 10.1. The molecule has 0 saturated heterocycles. The standard InChI is InChI=1S/C7H15O2P/c1-5-6(9-10-8)7(2,3)4/h6H,5H2,1-4H3. The lowest BCUT2D eigenvalue weighted by Gasteiger charge is -2.26. The quantitative estimate of drug-likeness (QED) is 0.596. The predicted octanol–water partition coefficient (Wildman–Crippen LogP) is 3.03. The molecule has 60 valence electrons. The molecule has 0 aromatic heterocycles. The highest BCUT2D eigenvalue weighted by Gasteiger charge is 2.23. The van der Waals surface area contributed by atoms with Crippen molar-refractivity contribution >= 4 is 8.69 Å². The van der Waals surface area contributed by atoms with Crippen LogP contribution in [0.5, 0.6) is 0 Å². The Hall–Kier alpha value is 0.0600. The van der Waals surface area contributed by atoms with Crippen LogP contribution < -0.4 is 0 Å². The van der Waals surface area contributed by atoms with Gasteiger partial charge < -0.3 is 0 Å². The summed E-state index contributed by atoms with van der Waals surface area (Å²) >= 11 is 0. The Morgan fingerprint density at radius 1 is 1.50 bits per heavy atom. The minimum atomic E-state index is -0.210. The highest BCUT2D eigenvalue weighted by Crippen LogP contribution is 2.27. The molecule has 0 saturated carbocycles. The third kappa shape index (κ3) is 3.28. The maximum Gasteiger partial charge on any atom is 0.327 e. The van der Waals surface area contributed by atoms with Gasteiger partial charge in [0, 0.05) is 0 Å². The maximum absolute atomic E-state index is 10.1. The van der Waals surface area contributed by atoms with Crippen LogP contribution in [0.25, 0.3) is 0 Å². The van der Waals surface area contributed by atoms with E-state index in [1.54, 1.807) is 0 Å². The van der Waals surface area contributed by atoms with Gasteiger partial charge in [-0.15, -0.1) is 0 Å². The molecule has 0 heterocycles. The normalized spacial score (nSPS) is 15.6. The van der Waals surface area contributed by atoms with Crippen molar-refractivity contribution in [2.45, 2.75) is 40.2 Å². The van der Waals surface area contributed by atoms with Crippen LogP contribution in [0.1, 0.15) is 34.1 Å². The summed E-state index contributed by atoms with van der Waals surface area (Å²) in [4.78, 5) is 0. The predicted molar refractivity (Wildman–Crippen MR) is 42.2 cm³/mol. The van der Waals surface area contributed by atoms with Crippen molar-refractivity contribution in [3.63, 3.8) is 0 Å². The van der Waals surface area contributed by atoms with Gasteiger partial charge in [0.15, 0.2) is 0 Å². The topological polar surface area (TPSA) is 26.3 Å². The van der Waals surface area contributed by atoms with Gasteiger partial charge in [-0.3, -0.25) is 4.52 Å². The van der Waals surface area contributed by atoms with Gasteiger partial charge >= 0.3 is 8.69 Å². The van der Waals surface area contributed by atoms with Crippen molar-refractivity contribution < 1.29 is 9.09 Å². The Bertz CT molecular complexity index is 107. The average Bonchev–Trinajstić information content (AvgIpc) is 1.80. The lowest BCUT2D eigenvalue weighted by Crippen LogP contribution is -2.25. The van der Waals surface area contributed by atoms with E-state index in [0.29, 0.717) is 0 Å². The van der Waals surface area contributed by atoms with E-state index in [1.807, 2.05) is 6.92 Å². The molecule has 0 spiro atoms. The van der Waals surface area contributed by atoms with Crippen LogP contribution in [-0.2, 0) is 9.09 Å². The third-order valence-corrected chi connectivity index (χ3v) is 1.85. The third-order valence-electron chi connectivity index (χ3n) is 1.51. The summed E-state index contributed by atoms with van der Waals surface area (Å²) in [6.07, 6.45) is 0.991. The first-order valence-corrected chi connectivity index (χ1v) is 4.24. The van der Waals surface area contributed by atoms with Crippen LogP contribution >= 0.6 is 8.69 Å². The van der Waals surface area contributed by atoms with Crippen LogP contribution in [0, 0.1) is 5.41 Å². The van der Waals surface area contributed by atoms with Crippen LogP contribution in [0.2, 0.25) is 0 Å². The van der Waals surface area contributed by atoms with Crippen molar-refractivity contribution in [3.8, 4) is 0 Å². The van der Waals surface area contributed by atoms with Gasteiger partial charge in [0.1, 0.15) is 0 Å².